The van der Waals surface area contributed by atoms with Gasteiger partial charge in [-0.05, 0) is 25.0 Å². The third-order valence-electron chi connectivity index (χ3n) is 2.54. The Balaban J connectivity index is 2.23. The molecule has 0 spiro atoms. The lowest BCUT2D eigenvalue weighted by Gasteiger charge is -2.12. The maximum Gasteiger partial charge on any atom is 0.242 e. The molecule has 1 aliphatic rings. The summed E-state index contributed by atoms with van der Waals surface area (Å²) in [6.07, 6.45) is 1.86. The van der Waals surface area contributed by atoms with Crippen LogP contribution < -0.4 is 15.8 Å². The summed E-state index contributed by atoms with van der Waals surface area (Å²) in [5, 5.41) is 3.02. The zero-order valence-corrected chi connectivity index (χ0v) is 10.3. The Hall–Kier alpha value is -1.11. The van der Waals surface area contributed by atoms with Crippen LogP contribution in [0.2, 0.25) is 0 Å². The van der Waals surface area contributed by atoms with Crippen LogP contribution >= 0.6 is 0 Å². The fourth-order valence-corrected chi connectivity index (χ4v) is 3.03. The van der Waals surface area contributed by atoms with Crippen molar-refractivity contribution in [3.8, 4) is 0 Å². The molecule has 17 heavy (non-hydrogen) atoms. The molecule has 0 aromatic heterocycles. The Bertz CT molecular complexity index is 483. The van der Waals surface area contributed by atoms with Crippen LogP contribution in [0.4, 0.5) is 5.69 Å². The lowest BCUT2D eigenvalue weighted by molar-refractivity contribution is 0.581. The van der Waals surface area contributed by atoms with Crippen molar-refractivity contribution in [1.82, 2.24) is 4.72 Å². The van der Waals surface area contributed by atoms with Gasteiger partial charge in [0, 0.05) is 19.1 Å². The highest BCUT2D eigenvalue weighted by Gasteiger charge is 2.29. The Labute approximate surface area is 101 Å². The first-order valence-electron chi connectivity index (χ1n) is 5.69. The van der Waals surface area contributed by atoms with E-state index in [1.807, 2.05) is 0 Å². The summed E-state index contributed by atoms with van der Waals surface area (Å²) in [4.78, 5) is 0.292. The van der Waals surface area contributed by atoms with E-state index in [9.17, 15) is 8.42 Å². The highest BCUT2D eigenvalue weighted by molar-refractivity contribution is 7.89. The minimum Gasteiger partial charge on any atom is -0.383 e. The van der Waals surface area contributed by atoms with E-state index in [0.29, 0.717) is 23.7 Å². The quantitative estimate of drug-likeness (QED) is 0.691. The van der Waals surface area contributed by atoms with Gasteiger partial charge in [0.25, 0.3) is 0 Å². The Kier molecular flexibility index (Phi) is 3.66. The number of anilines is 1. The molecular formula is C11H17N3O2S. The summed E-state index contributed by atoms with van der Waals surface area (Å²) < 4.78 is 26.8. The minimum atomic E-state index is -3.41. The molecule has 0 amide bonds. The Morgan fingerprint density at radius 1 is 1.29 bits per heavy atom. The predicted octanol–water partition coefficient (Wildman–Crippen LogP) is 0.498. The van der Waals surface area contributed by atoms with Crippen molar-refractivity contribution < 1.29 is 8.42 Å². The molecule has 5 nitrogen and oxygen atoms in total. The highest BCUT2D eigenvalue weighted by Crippen LogP contribution is 2.25. The van der Waals surface area contributed by atoms with Crippen LogP contribution in [-0.4, -0.2) is 27.5 Å². The number of hydrogen-bond donors (Lipinski definition) is 3. The lowest BCUT2D eigenvalue weighted by Crippen LogP contribution is -2.27. The zero-order chi connectivity index (χ0) is 12.3. The Morgan fingerprint density at radius 3 is 2.65 bits per heavy atom. The molecule has 1 aliphatic carbocycles. The molecule has 1 fully saturated rings. The number of nitrogens with one attached hydrogen (secondary N) is 2. The average Bonchev–Trinajstić information content (AvgIpc) is 3.10. The minimum absolute atomic E-state index is 0.113. The van der Waals surface area contributed by atoms with Crippen LogP contribution in [0.1, 0.15) is 12.8 Å². The SMILES string of the molecule is NCCNc1ccccc1S(=O)(=O)NC1CC1. The van der Waals surface area contributed by atoms with Gasteiger partial charge in [-0.3, -0.25) is 0 Å². The highest BCUT2D eigenvalue weighted by atomic mass is 32.2. The van der Waals surface area contributed by atoms with Crippen LogP contribution in [-0.2, 0) is 10.0 Å². The molecule has 0 radical (unpaired) electrons. The normalized spacial score (nSPS) is 15.8. The molecule has 0 unspecified atom stereocenters. The van der Waals surface area contributed by atoms with E-state index < -0.39 is 10.0 Å². The zero-order valence-electron chi connectivity index (χ0n) is 9.52. The van der Waals surface area contributed by atoms with E-state index in [1.54, 1.807) is 24.3 Å². The van der Waals surface area contributed by atoms with Gasteiger partial charge in [0.1, 0.15) is 4.90 Å². The van der Waals surface area contributed by atoms with E-state index in [0.717, 1.165) is 12.8 Å². The fraction of sp³-hybridized carbons (Fsp3) is 0.455. The standard InChI is InChI=1S/C11H17N3O2S/c12-7-8-13-10-3-1-2-4-11(10)17(15,16)14-9-5-6-9/h1-4,9,13-14H,5-8,12H2. The second-order valence-corrected chi connectivity index (χ2v) is 5.79. The van der Waals surface area contributed by atoms with Gasteiger partial charge in [-0.25, -0.2) is 13.1 Å². The van der Waals surface area contributed by atoms with Crippen molar-refractivity contribution in [2.45, 2.75) is 23.8 Å². The maximum atomic E-state index is 12.1. The third kappa shape index (κ3) is 3.18. The Morgan fingerprint density at radius 2 is 2.00 bits per heavy atom. The first-order chi connectivity index (χ1) is 8.13. The van der Waals surface area contributed by atoms with E-state index >= 15 is 0 Å². The molecule has 1 aromatic rings. The van der Waals surface area contributed by atoms with Crippen LogP contribution in [0.15, 0.2) is 29.2 Å². The van der Waals surface area contributed by atoms with E-state index in [2.05, 4.69) is 10.0 Å². The average molecular weight is 255 g/mol. The first-order valence-corrected chi connectivity index (χ1v) is 7.17. The summed E-state index contributed by atoms with van der Waals surface area (Å²) in [7, 11) is -3.41. The van der Waals surface area contributed by atoms with Crippen LogP contribution in [0.5, 0.6) is 0 Å². The molecule has 0 atom stereocenters. The van der Waals surface area contributed by atoms with Crippen molar-refractivity contribution in [2.75, 3.05) is 18.4 Å². The van der Waals surface area contributed by atoms with Crippen molar-refractivity contribution in [1.29, 1.82) is 0 Å². The van der Waals surface area contributed by atoms with E-state index in [-0.39, 0.29) is 6.04 Å². The maximum absolute atomic E-state index is 12.1. The third-order valence-corrected chi connectivity index (χ3v) is 4.11. The molecule has 0 saturated heterocycles. The van der Waals surface area contributed by atoms with E-state index in [1.165, 1.54) is 0 Å². The molecule has 0 aliphatic heterocycles. The second kappa shape index (κ2) is 5.03. The summed E-state index contributed by atoms with van der Waals surface area (Å²) in [6.45, 7) is 1.01. The second-order valence-electron chi connectivity index (χ2n) is 4.11. The molecule has 0 bridgehead atoms. The van der Waals surface area contributed by atoms with Gasteiger partial charge in [-0.1, -0.05) is 12.1 Å². The van der Waals surface area contributed by atoms with Crippen LogP contribution in [0.3, 0.4) is 0 Å². The first kappa shape index (κ1) is 12.3. The number of nitrogens with two attached hydrogens (primary N) is 1. The number of para-hydroxylation sites is 1. The number of sulfonamides is 1. The largest absolute Gasteiger partial charge is 0.383 e. The summed E-state index contributed by atoms with van der Waals surface area (Å²) in [6, 6.07) is 6.98. The fourth-order valence-electron chi connectivity index (χ4n) is 1.54. The van der Waals surface area contributed by atoms with Crippen molar-refractivity contribution >= 4 is 15.7 Å². The number of rotatable bonds is 6. The number of benzene rings is 1. The molecule has 4 N–H and O–H groups in total. The van der Waals surface area contributed by atoms with Crippen LogP contribution in [0, 0.1) is 0 Å². The monoisotopic (exact) mass is 255 g/mol. The topological polar surface area (TPSA) is 84.2 Å². The van der Waals surface area contributed by atoms with Gasteiger partial charge in [0.2, 0.25) is 10.0 Å². The predicted molar refractivity (Wildman–Crippen MR) is 67.3 cm³/mol. The van der Waals surface area contributed by atoms with Gasteiger partial charge < -0.3 is 11.1 Å². The van der Waals surface area contributed by atoms with Crippen LogP contribution in [0.25, 0.3) is 0 Å². The van der Waals surface area contributed by atoms with Crippen molar-refractivity contribution in [2.24, 2.45) is 5.73 Å². The van der Waals surface area contributed by atoms with Crippen molar-refractivity contribution in [3.05, 3.63) is 24.3 Å². The lowest BCUT2D eigenvalue weighted by atomic mass is 10.3. The van der Waals surface area contributed by atoms with Gasteiger partial charge in [-0.15, -0.1) is 0 Å². The molecule has 2 rings (SSSR count). The molecule has 0 heterocycles. The van der Waals surface area contributed by atoms with Gasteiger partial charge in [0.05, 0.1) is 5.69 Å². The molecular weight excluding hydrogens is 238 g/mol. The summed E-state index contributed by atoms with van der Waals surface area (Å²) in [5.41, 5.74) is 6.00. The number of hydrogen-bond acceptors (Lipinski definition) is 4. The molecule has 1 saturated carbocycles. The van der Waals surface area contributed by atoms with E-state index in [4.69, 9.17) is 5.73 Å². The van der Waals surface area contributed by atoms with Gasteiger partial charge >= 0.3 is 0 Å². The smallest absolute Gasteiger partial charge is 0.242 e. The molecule has 1 aromatic carbocycles. The van der Waals surface area contributed by atoms with Crippen molar-refractivity contribution in [3.63, 3.8) is 0 Å². The van der Waals surface area contributed by atoms with Gasteiger partial charge in [0.15, 0.2) is 0 Å². The molecule has 6 heteroatoms. The summed E-state index contributed by atoms with van der Waals surface area (Å²) in [5.74, 6) is 0. The summed E-state index contributed by atoms with van der Waals surface area (Å²) >= 11 is 0. The molecule has 94 valence electrons. The van der Waals surface area contributed by atoms with Gasteiger partial charge in [-0.2, -0.15) is 0 Å².